The standard InChI is InChI=1S/C11H11.Li.H/c1-8-6-7-9(2)11-5-3-4-10(8)11;;/h3-7H,1-2H3;;. The van der Waals surface area contributed by atoms with Gasteiger partial charge in [0.05, 0.1) is 0 Å². The zero-order valence-corrected chi connectivity index (χ0v) is 6.89. The van der Waals surface area contributed by atoms with E-state index in [1.165, 1.54) is 22.3 Å². The summed E-state index contributed by atoms with van der Waals surface area (Å²) in [4.78, 5) is 0. The van der Waals surface area contributed by atoms with E-state index in [9.17, 15) is 0 Å². The topological polar surface area (TPSA) is 0 Å². The van der Waals surface area contributed by atoms with Gasteiger partial charge in [0.15, 0.2) is 0 Å². The molecular weight excluding hydrogens is 139 g/mol. The van der Waals surface area contributed by atoms with Crippen LogP contribution in [0.25, 0.3) is 6.08 Å². The van der Waals surface area contributed by atoms with Crippen LogP contribution in [0.2, 0.25) is 0 Å². The van der Waals surface area contributed by atoms with Crippen LogP contribution in [0.5, 0.6) is 0 Å². The first-order chi connectivity index (χ1) is 5.29. The fraction of sp³-hybridized carbons (Fsp3) is 0.182. The van der Waals surface area contributed by atoms with Crippen LogP contribution in [0.3, 0.4) is 0 Å². The molecule has 0 bridgehead atoms. The molecule has 1 aromatic rings. The molecule has 0 aromatic heterocycles. The van der Waals surface area contributed by atoms with Gasteiger partial charge in [-0.2, -0.15) is 0 Å². The minimum absolute atomic E-state index is 0. The monoisotopic (exact) mass is 151 g/mol. The van der Waals surface area contributed by atoms with Gasteiger partial charge in [0.1, 0.15) is 0 Å². The molecule has 1 radical (unpaired) electrons. The summed E-state index contributed by atoms with van der Waals surface area (Å²) in [6, 6.07) is 4.36. The van der Waals surface area contributed by atoms with Crippen molar-refractivity contribution < 1.29 is 0 Å². The molecule has 0 saturated heterocycles. The Morgan fingerprint density at radius 2 is 1.50 bits per heavy atom. The maximum atomic E-state index is 2.18. The summed E-state index contributed by atoms with van der Waals surface area (Å²) < 4.78 is 0. The number of benzene rings is 1. The van der Waals surface area contributed by atoms with Crippen LogP contribution in [0.4, 0.5) is 0 Å². The fourth-order valence-electron chi connectivity index (χ4n) is 1.54. The Kier molecular flexibility index (Phi) is 2.83. The van der Waals surface area contributed by atoms with Crippen LogP contribution in [0.15, 0.2) is 18.2 Å². The Balaban J connectivity index is 0.000000720. The van der Waals surface area contributed by atoms with E-state index in [0.29, 0.717) is 0 Å². The van der Waals surface area contributed by atoms with Crippen molar-refractivity contribution in [2.75, 3.05) is 0 Å². The molecule has 1 heteroatoms. The second-order valence-electron chi connectivity index (χ2n) is 3.05. The third kappa shape index (κ3) is 1.38. The van der Waals surface area contributed by atoms with E-state index >= 15 is 0 Å². The minimum atomic E-state index is 0. The molecule has 0 fully saturated rings. The molecule has 1 aliphatic carbocycles. The van der Waals surface area contributed by atoms with Crippen LogP contribution in [0, 0.1) is 20.3 Å². The number of allylic oxidation sites excluding steroid dienone is 1. The van der Waals surface area contributed by atoms with Crippen molar-refractivity contribution in [3.05, 3.63) is 46.9 Å². The molecule has 0 spiro atoms. The average molecular weight is 151 g/mol. The van der Waals surface area contributed by atoms with Gasteiger partial charge in [-0.05, 0) is 36.1 Å². The summed E-state index contributed by atoms with van der Waals surface area (Å²) in [5.74, 6) is 0. The quantitative estimate of drug-likeness (QED) is 0.499. The second kappa shape index (κ2) is 3.52. The van der Waals surface area contributed by atoms with E-state index in [4.69, 9.17) is 0 Å². The number of hydrogen-bond donors (Lipinski definition) is 0. The molecule has 0 atom stereocenters. The van der Waals surface area contributed by atoms with E-state index in [1.807, 2.05) is 0 Å². The Bertz CT molecular complexity index is 324. The third-order valence-corrected chi connectivity index (χ3v) is 2.25. The molecule has 1 aliphatic rings. The first-order valence-corrected chi connectivity index (χ1v) is 3.90. The molecular formula is C11H12Li. The predicted octanol–water partition coefficient (Wildman–Crippen LogP) is 2.23. The molecule has 12 heavy (non-hydrogen) atoms. The van der Waals surface area contributed by atoms with E-state index in [0.717, 1.165) is 0 Å². The zero-order valence-electron chi connectivity index (χ0n) is 6.89. The van der Waals surface area contributed by atoms with E-state index < -0.39 is 0 Å². The Morgan fingerprint density at radius 1 is 0.917 bits per heavy atom. The van der Waals surface area contributed by atoms with Crippen molar-refractivity contribution in [3.63, 3.8) is 0 Å². The molecule has 0 unspecified atom stereocenters. The molecule has 0 saturated carbocycles. The summed E-state index contributed by atoms with van der Waals surface area (Å²) >= 11 is 0. The summed E-state index contributed by atoms with van der Waals surface area (Å²) in [5, 5.41) is 0. The molecule has 57 valence electrons. The molecule has 2 rings (SSSR count). The van der Waals surface area contributed by atoms with E-state index in [2.05, 4.69) is 44.6 Å². The number of rotatable bonds is 0. The van der Waals surface area contributed by atoms with E-state index in [1.54, 1.807) is 0 Å². The number of fused-ring (bicyclic) bond motifs is 1. The number of aryl methyl sites for hydroxylation is 2. The van der Waals surface area contributed by atoms with Gasteiger partial charge in [-0.3, -0.25) is 0 Å². The van der Waals surface area contributed by atoms with Crippen molar-refractivity contribution in [2.24, 2.45) is 0 Å². The van der Waals surface area contributed by atoms with Crippen molar-refractivity contribution in [1.82, 2.24) is 0 Å². The second-order valence-corrected chi connectivity index (χ2v) is 3.05. The Labute approximate surface area is 85.9 Å². The van der Waals surface area contributed by atoms with Crippen molar-refractivity contribution in [1.29, 1.82) is 0 Å². The Hall–Kier alpha value is -0.443. The van der Waals surface area contributed by atoms with Gasteiger partial charge < -0.3 is 0 Å². The summed E-state index contributed by atoms with van der Waals surface area (Å²) in [6.45, 7) is 4.31. The molecule has 0 nitrogen and oxygen atoms in total. The van der Waals surface area contributed by atoms with Crippen molar-refractivity contribution in [3.8, 4) is 0 Å². The molecule has 1 aromatic carbocycles. The fourth-order valence-corrected chi connectivity index (χ4v) is 1.54. The van der Waals surface area contributed by atoms with Gasteiger partial charge in [-0.1, -0.05) is 24.3 Å². The molecule has 0 N–H and O–H groups in total. The molecule has 0 amide bonds. The van der Waals surface area contributed by atoms with Gasteiger partial charge >= 0.3 is 18.9 Å². The van der Waals surface area contributed by atoms with Gasteiger partial charge in [-0.25, -0.2) is 0 Å². The van der Waals surface area contributed by atoms with Gasteiger partial charge in [0.2, 0.25) is 0 Å². The Morgan fingerprint density at radius 3 is 2.08 bits per heavy atom. The predicted molar refractivity (Wildman–Crippen MR) is 55.5 cm³/mol. The van der Waals surface area contributed by atoms with Crippen LogP contribution < -0.4 is 0 Å². The van der Waals surface area contributed by atoms with Gasteiger partial charge in [-0.15, -0.1) is 0 Å². The first-order valence-electron chi connectivity index (χ1n) is 3.90. The van der Waals surface area contributed by atoms with Crippen LogP contribution in [-0.2, 0) is 0 Å². The van der Waals surface area contributed by atoms with Gasteiger partial charge in [0.25, 0.3) is 0 Å². The van der Waals surface area contributed by atoms with Crippen molar-refractivity contribution >= 4 is 24.9 Å². The average Bonchev–Trinajstić information content (AvgIpc) is 2.45. The third-order valence-electron chi connectivity index (χ3n) is 2.25. The summed E-state index contributed by atoms with van der Waals surface area (Å²) in [6.07, 6.45) is 6.47. The molecule has 0 aliphatic heterocycles. The maximum absolute atomic E-state index is 2.18. The number of hydrogen-bond acceptors (Lipinski definition) is 0. The van der Waals surface area contributed by atoms with Crippen LogP contribution >= 0.6 is 0 Å². The van der Waals surface area contributed by atoms with Crippen LogP contribution in [0.1, 0.15) is 22.3 Å². The SMILES string of the molecule is Cc1ccc(C)c2c1[CH]C=C2.[LiH]. The summed E-state index contributed by atoms with van der Waals surface area (Å²) in [5.41, 5.74) is 5.53. The van der Waals surface area contributed by atoms with Crippen molar-refractivity contribution in [2.45, 2.75) is 13.8 Å². The normalized spacial score (nSPS) is 12.5. The first kappa shape index (κ1) is 9.64. The zero-order chi connectivity index (χ0) is 7.84. The summed E-state index contributed by atoms with van der Waals surface area (Å²) in [7, 11) is 0. The van der Waals surface area contributed by atoms with E-state index in [-0.39, 0.29) is 18.9 Å². The van der Waals surface area contributed by atoms with Crippen LogP contribution in [-0.4, -0.2) is 18.9 Å². The van der Waals surface area contributed by atoms with Gasteiger partial charge in [0, 0.05) is 6.42 Å². The molecule has 0 heterocycles.